The maximum Gasteiger partial charge on any atom is 0.325 e. The summed E-state index contributed by atoms with van der Waals surface area (Å²) in [5.74, 6) is 0.00192. The minimum atomic E-state index is -0.821. The zero-order chi connectivity index (χ0) is 21.9. The van der Waals surface area contributed by atoms with E-state index in [4.69, 9.17) is 0 Å². The summed E-state index contributed by atoms with van der Waals surface area (Å²) >= 11 is 0. The van der Waals surface area contributed by atoms with Crippen molar-refractivity contribution in [2.24, 2.45) is 11.3 Å². The summed E-state index contributed by atoms with van der Waals surface area (Å²) in [6.45, 7) is 8.40. The molecule has 1 saturated heterocycles. The van der Waals surface area contributed by atoms with Gasteiger partial charge in [0.2, 0.25) is 5.91 Å². The minimum Gasteiger partial charge on any atom is -0.352 e. The fraction of sp³-hybridized carbons (Fsp3) is 0.625. The average molecular weight is 414 g/mol. The SMILES string of the molecule is CC(CCc1ccccc1)NC(=O)CN1C(=O)NC2(CCC(C(C)(C)C)CC2)C1=O. The Morgan fingerprint density at radius 1 is 1.20 bits per heavy atom. The van der Waals surface area contributed by atoms with Crippen LogP contribution in [0, 0.1) is 11.3 Å². The second-order valence-corrected chi connectivity index (χ2v) is 10.0. The lowest BCUT2D eigenvalue weighted by Gasteiger charge is -2.40. The highest BCUT2D eigenvalue weighted by Gasteiger charge is 2.53. The average Bonchev–Trinajstić information content (AvgIpc) is 2.91. The van der Waals surface area contributed by atoms with E-state index in [1.54, 1.807) is 0 Å². The van der Waals surface area contributed by atoms with Gasteiger partial charge in [0.25, 0.3) is 5.91 Å². The Balaban J connectivity index is 1.51. The summed E-state index contributed by atoms with van der Waals surface area (Å²) < 4.78 is 0. The topological polar surface area (TPSA) is 78.5 Å². The molecule has 1 heterocycles. The van der Waals surface area contributed by atoms with E-state index in [1.807, 2.05) is 25.1 Å². The number of imide groups is 1. The fourth-order valence-electron chi connectivity index (χ4n) is 4.70. The van der Waals surface area contributed by atoms with Gasteiger partial charge in [0.05, 0.1) is 0 Å². The Morgan fingerprint density at radius 3 is 2.43 bits per heavy atom. The van der Waals surface area contributed by atoms with Crippen LogP contribution in [0.2, 0.25) is 0 Å². The van der Waals surface area contributed by atoms with E-state index in [0.29, 0.717) is 18.8 Å². The van der Waals surface area contributed by atoms with E-state index < -0.39 is 11.6 Å². The van der Waals surface area contributed by atoms with Crippen LogP contribution in [0.3, 0.4) is 0 Å². The Bertz CT molecular complexity index is 777. The highest BCUT2D eigenvalue weighted by molar-refractivity contribution is 6.09. The molecule has 1 saturated carbocycles. The van der Waals surface area contributed by atoms with Gasteiger partial charge in [0.1, 0.15) is 12.1 Å². The van der Waals surface area contributed by atoms with Crippen LogP contribution in [0.15, 0.2) is 30.3 Å². The van der Waals surface area contributed by atoms with Crippen molar-refractivity contribution in [2.45, 2.75) is 77.8 Å². The third-order valence-electron chi connectivity index (χ3n) is 6.73. The lowest BCUT2D eigenvalue weighted by molar-refractivity contribution is -0.136. The van der Waals surface area contributed by atoms with Crippen molar-refractivity contribution in [3.05, 3.63) is 35.9 Å². The van der Waals surface area contributed by atoms with E-state index in [1.165, 1.54) is 5.56 Å². The van der Waals surface area contributed by atoms with Gasteiger partial charge in [0.15, 0.2) is 0 Å². The fourth-order valence-corrected chi connectivity index (χ4v) is 4.70. The number of urea groups is 1. The highest BCUT2D eigenvalue weighted by atomic mass is 16.2. The molecule has 1 aromatic carbocycles. The van der Waals surface area contributed by atoms with Crippen LogP contribution >= 0.6 is 0 Å². The molecule has 0 bridgehead atoms. The Labute approximate surface area is 179 Å². The summed E-state index contributed by atoms with van der Waals surface area (Å²) in [4.78, 5) is 39.1. The molecule has 0 radical (unpaired) electrons. The van der Waals surface area contributed by atoms with Crippen molar-refractivity contribution in [2.75, 3.05) is 6.54 Å². The first-order valence-electron chi connectivity index (χ1n) is 11.1. The second kappa shape index (κ2) is 8.78. The molecule has 2 aliphatic rings. The summed E-state index contributed by atoms with van der Waals surface area (Å²) in [6.07, 6.45) is 4.77. The van der Waals surface area contributed by atoms with E-state index >= 15 is 0 Å². The zero-order valence-electron chi connectivity index (χ0n) is 18.7. The number of carbonyl (C=O) groups is 3. The predicted molar refractivity (Wildman–Crippen MR) is 117 cm³/mol. The van der Waals surface area contributed by atoms with E-state index in [-0.39, 0.29) is 29.8 Å². The molecule has 3 rings (SSSR count). The smallest absolute Gasteiger partial charge is 0.325 e. The van der Waals surface area contributed by atoms with Crippen LogP contribution in [0.4, 0.5) is 4.79 Å². The van der Waals surface area contributed by atoms with Gasteiger partial charge in [-0.1, -0.05) is 51.1 Å². The molecule has 0 aromatic heterocycles. The van der Waals surface area contributed by atoms with Gasteiger partial charge in [-0.3, -0.25) is 14.5 Å². The molecule has 30 heavy (non-hydrogen) atoms. The number of rotatable bonds is 6. The first kappa shape index (κ1) is 22.3. The van der Waals surface area contributed by atoms with Gasteiger partial charge in [-0.05, 0) is 62.3 Å². The van der Waals surface area contributed by atoms with Gasteiger partial charge < -0.3 is 10.6 Å². The largest absolute Gasteiger partial charge is 0.352 e. The van der Waals surface area contributed by atoms with Crippen molar-refractivity contribution in [3.63, 3.8) is 0 Å². The van der Waals surface area contributed by atoms with Gasteiger partial charge in [-0.25, -0.2) is 4.79 Å². The van der Waals surface area contributed by atoms with Gasteiger partial charge in [0, 0.05) is 6.04 Å². The second-order valence-electron chi connectivity index (χ2n) is 10.0. The summed E-state index contributed by atoms with van der Waals surface area (Å²) in [5, 5.41) is 5.83. The number of benzene rings is 1. The van der Waals surface area contributed by atoms with Crippen LogP contribution in [-0.2, 0) is 16.0 Å². The lowest BCUT2D eigenvalue weighted by atomic mass is 9.67. The van der Waals surface area contributed by atoms with E-state index in [9.17, 15) is 14.4 Å². The van der Waals surface area contributed by atoms with Crippen molar-refractivity contribution in [3.8, 4) is 0 Å². The van der Waals surface area contributed by atoms with Crippen LogP contribution in [0.1, 0.15) is 65.4 Å². The number of aryl methyl sites for hydroxylation is 1. The molecular formula is C24H35N3O3. The highest BCUT2D eigenvalue weighted by Crippen LogP contribution is 2.43. The molecule has 164 valence electrons. The molecule has 1 spiro atoms. The van der Waals surface area contributed by atoms with Gasteiger partial charge in [-0.2, -0.15) is 0 Å². The summed E-state index contributed by atoms with van der Waals surface area (Å²) in [5.41, 5.74) is 0.598. The Kier molecular flexibility index (Phi) is 6.53. The van der Waals surface area contributed by atoms with Gasteiger partial charge in [-0.15, -0.1) is 0 Å². The number of hydrogen-bond acceptors (Lipinski definition) is 3. The van der Waals surface area contributed by atoms with Crippen LogP contribution in [-0.4, -0.2) is 40.9 Å². The molecule has 4 amide bonds. The molecular weight excluding hydrogens is 378 g/mol. The number of amides is 4. The molecule has 6 nitrogen and oxygen atoms in total. The normalized spacial score (nSPS) is 25.3. The number of nitrogens with zero attached hydrogens (tertiary/aromatic N) is 1. The number of carbonyl (C=O) groups excluding carboxylic acids is 3. The summed E-state index contributed by atoms with van der Waals surface area (Å²) in [7, 11) is 0. The molecule has 1 atom stereocenters. The van der Waals surface area contributed by atoms with Crippen molar-refractivity contribution in [1.29, 1.82) is 0 Å². The monoisotopic (exact) mass is 413 g/mol. The minimum absolute atomic E-state index is 0.0327. The zero-order valence-corrected chi connectivity index (χ0v) is 18.7. The number of nitrogens with one attached hydrogen (secondary N) is 2. The molecule has 2 N–H and O–H groups in total. The molecule has 6 heteroatoms. The summed E-state index contributed by atoms with van der Waals surface area (Å²) in [6, 6.07) is 9.64. The maximum atomic E-state index is 13.0. The number of hydrogen-bond donors (Lipinski definition) is 2. The van der Waals surface area contributed by atoms with E-state index in [0.717, 1.165) is 30.6 Å². The first-order valence-corrected chi connectivity index (χ1v) is 11.1. The quantitative estimate of drug-likeness (QED) is 0.699. The van der Waals surface area contributed by atoms with Crippen molar-refractivity contribution >= 4 is 17.8 Å². The van der Waals surface area contributed by atoms with Crippen LogP contribution < -0.4 is 10.6 Å². The standard InChI is InChI=1S/C24H35N3O3/c1-17(10-11-18-8-6-5-7-9-18)25-20(28)16-27-21(29)24(26-22(27)30)14-12-19(13-15-24)23(2,3)4/h5-9,17,19H,10-16H2,1-4H3,(H,25,28)(H,26,30). The lowest BCUT2D eigenvalue weighted by Crippen LogP contribution is -2.51. The van der Waals surface area contributed by atoms with Crippen molar-refractivity contribution in [1.82, 2.24) is 15.5 Å². The molecule has 1 aliphatic carbocycles. The Morgan fingerprint density at radius 2 is 1.83 bits per heavy atom. The van der Waals surface area contributed by atoms with Gasteiger partial charge >= 0.3 is 6.03 Å². The van der Waals surface area contributed by atoms with Crippen LogP contribution in [0.25, 0.3) is 0 Å². The maximum absolute atomic E-state index is 13.0. The molecule has 1 unspecified atom stereocenters. The molecule has 1 aromatic rings. The molecule has 2 fully saturated rings. The third-order valence-corrected chi connectivity index (χ3v) is 6.73. The molecule has 1 aliphatic heterocycles. The first-order chi connectivity index (χ1) is 14.1. The van der Waals surface area contributed by atoms with Crippen LogP contribution in [0.5, 0.6) is 0 Å². The Hall–Kier alpha value is -2.37. The van der Waals surface area contributed by atoms with E-state index in [2.05, 4.69) is 43.5 Å². The predicted octanol–water partition coefficient (Wildman–Crippen LogP) is 3.65. The van der Waals surface area contributed by atoms with Crippen molar-refractivity contribution < 1.29 is 14.4 Å². The third kappa shape index (κ3) is 5.02.